The van der Waals surface area contributed by atoms with Crippen molar-refractivity contribution >= 4 is 10.1 Å². The van der Waals surface area contributed by atoms with Gasteiger partial charge < -0.3 is 9.47 Å². The first-order valence-electron chi connectivity index (χ1n) is 6.09. The molecule has 0 aliphatic rings. The number of aryl methyl sites for hydroxylation is 1. The van der Waals surface area contributed by atoms with Gasteiger partial charge in [0.05, 0.1) is 11.5 Å². The number of rotatable bonds is 9. The van der Waals surface area contributed by atoms with Crippen LogP contribution in [0.5, 0.6) is 0 Å². The van der Waals surface area contributed by atoms with Gasteiger partial charge in [-0.05, 0) is 31.9 Å². The van der Waals surface area contributed by atoms with E-state index in [1.165, 1.54) is 0 Å². The first-order chi connectivity index (χ1) is 9.06. The quantitative estimate of drug-likeness (QED) is 0.395. The zero-order chi connectivity index (χ0) is 14.1. The zero-order valence-electron chi connectivity index (χ0n) is 11.3. The van der Waals surface area contributed by atoms with Crippen LogP contribution in [0.4, 0.5) is 0 Å². The number of hydrogen-bond acceptors (Lipinski definition) is 5. The van der Waals surface area contributed by atoms with Crippen LogP contribution in [0, 0.1) is 6.92 Å². The molecule has 0 N–H and O–H groups in total. The summed E-state index contributed by atoms with van der Waals surface area (Å²) in [6, 6.07) is 6.59. The van der Waals surface area contributed by atoms with Crippen LogP contribution in [0.3, 0.4) is 0 Å². The van der Waals surface area contributed by atoms with Gasteiger partial charge in [0.15, 0.2) is 0 Å². The maximum Gasteiger partial charge on any atom is 0.296 e. The number of benzene rings is 1. The molecule has 0 fully saturated rings. The topological polar surface area (TPSA) is 61.8 Å². The van der Waals surface area contributed by atoms with Crippen LogP contribution in [-0.4, -0.2) is 35.5 Å². The van der Waals surface area contributed by atoms with Gasteiger partial charge in [-0.2, -0.15) is 8.42 Å². The van der Waals surface area contributed by atoms with E-state index < -0.39 is 10.1 Å². The predicted molar refractivity (Wildman–Crippen MR) is 71.4 cm³/mol. The van der Waals surface area contributed by atoms with E-state index in [0.29, 0.717) is 13.0 Å². The molecule has 0 bridgehead atoms. The molecule has 0 saturated carbocycles. The molecule has 19 heavy (non-hydrogen) atoms. The first-order valence-corrected chi connectivity index (χ1v) is 7.50. The van der Waals surface area contributed by atoms with Crippen molar-refractivity contribution in [2.24, 2.45) is 0 Å². The van der Waals surface area contributed by atoms with Crippen LogP contribution in [0.25, 0.3) is 0 Å². The smallest absolute Gasteiger partial charge is 0.296 e. The minimum atomic E-state index is -3.64. The maximum absolute atomic E-state index is 11.8. The van der Waals surface area contributed by atoms with E-state index in [1.54, 1.807) is 31.4 Å². The lowest BCUT2D eigenvalue weighted by Crippen LogP contribution is -2.08. The molecule has 0 atom stereocenters. The highest BCUT2D eigenvalue weighted by Gasteiger charge is 2.14. The van der Waals surface area contributed by atoms with E-state index in [1.807, 2.05) is 6.92 Å². The second kappa shape index (κ2) is 8.27. The lowest BCUT2D eigenvalue weighted by atomic mass is 10.2. The summed E-state index contributed by atoms with van der Waals surface area (Å²) in [5.74, 6) is 0. The van der Waals surface area contributed by atoms with Crippen LogP contribution in [-0.2, 0) is 23.8 Å². The molecule has 0 radical (unpaired) electrons. The molecule has 1 aromatic carbocycles. The van der Waals surface area contributed by atoms with Gasteiger partial charge in [-0.15, -0.1) is 0 Å². The van der Waals surface area contributed by atoms with Crippen molar-refractivity contribution in [1.82, 2.24) is 0 Å². The van der Waals surface area contributed by atoms with Gasteiger partial charge >= 0.3 is 0 Å². The van der Waals surface area contributed by atoms with Crippen molar-refractivity contribution in [3.05, 3.63) is 29.8 Å². The van der Waals surface area contributed by atoms with E-state index in [-0.39, 0.29) is 18.3 Å². The summed E-state index contributed by atoms with van der Waals surface area (Å²) >= 11 is 0. The summed E-state index contributed by atoms with van der Waals surface area (Å²) in [6.45, 7) is 2.84. The number of methoxy groups -OCH3 is 1. The summed E-state index contributed by atoms with van der Waals surface area (Å²) in [4.78, 5) is 0.189. The standard InChI is InChI=1S/C13H20O5S/c1-12-5-7-13(8-6-12)19(14,15)18-10-4-3-9-17-11-16-2/h5-8H,3-4,9-11H2,1-2H3. The van der Waals surface area contributed by atoms with Crippen LogP contribution in [0.1, 0.15) is 18.4 Å². The van der Waals surface area contributed by atoms with Gasteiger partial charge in [0.25, 0.3) is 10.1 Å². The zero-order valence-corrected chi connectivity index (χ0v) is 12.1. The SMILES string of the molecule is COCOCCCCOS(=O)(=O)c1ccc(C)cc1. The van der Waals surface area contributed by atoms with Crippen LogP contribution >= 0.6 is 0 Å². The Balaban J connectivity index is 2.29. The number of hydrogen-bond donors (Lipinski definition) is 0. The lowest BCUT2D eigenvalue weighted by molar-refractivity contribution is -0.0319. The van der Waals surface area contributed by atoms with Crippen molar-refractivity contribution in [2.45, 2.75) is 24.7 Å². The van der Waals surface area contributed by atoms with Crippen LogP contribution in [0.2, 0.25) is 0 Å². The third-order valence-electron chi connectivity index (χ3n) is 2.43. The fourth-order valence-corrected chi connectivity index (χ4v) is 2.33. The van der Waals surface area contributed by atoms with Gasteiger partial charge in [0, 0.05) is 13.7 Å². The third kappa shape index (κ3) is 6.15. The fourth-order valence-electron chi connectivity index (χ4n) is 1.39. The second-order valence-corrected chi connectivity index (χ2v) is 5.73. The maximum atomic E-state index is 11.8. The molecule has 6 heteroatoms. The molecule has 0 aromatic heterocycles. The molecule has 0 amide bonds. The molecule has 1 aromatic rings. The minimum absolute atomic E-state index is 0.159. The Labute approximate surface area is 114 Å². The van der Waals surface area contributed by atoms with Gasteiger partial charge in [-0.1, -0.05) is 17.7 Å². The Kier molecular flexibility index (Phi) is 7.01. The van der Waals surface area contributed by atoms with Crippen LogP contribution < -0.4 is 0 Å². The average Bonchev–Trinajstić information content (AvgIpc) is 2.38. The third-order valence-corrected chi connectivity index (χ3v) is 3.76. The fraction of sp³-hybridized carbons (Fsp3) is 0.538. The number of unbranched alkanes of at least 4 members (excludes halogenated alkanes) is 1. The summed E-state index contributed by atoms with van der Waals surface area (Å²) < 4.78 is 38.4. The van der Waals surface area contributed by atoms with Gasteiger partial charge in [-0.25, -0.2) is 0 Å². The van der Waals surface area contributed by atoms with Crippen molar-refractivity contribution < 1.29 is 22.1 Å². The highest BCUT2D eigenvalue weighted by molar-refractivity contribution is 7.86. The Morgan fingerprint density at radius 2 is 1.68 bits per heavy atom. The van der Waals surface area contributed by atoms with Gasteiger partial charge in [0.1, 0.15) is 6.79 Å². The molecule has 0 spiro atoms. The van der Waals surface area contributed by atoms with E-state index in [2.05, 4.69) is 0 Å². The van der Waals surface area contributed by atoms with Crippen molar-refractivity contribution in [3.63, 3.8) is 0 Å². The first kappa shape index (κ1) is 16.1. The summed E-state index contributed by atoms with van der Waals surface area (Å²) in [5.41, 5.74) is 1.01. The Hall–Kier alpha value is -0.950. The van der Waals surface area contributed by atoms with Gasteiger partial charge in [0.2, 0.25) is 0 Å². The molecule has 0 unspecified atom stereocenters. The number of ether oxygens (including phenoxy) is 2. The molecule has 108 valence electrons. The molecule has 0 aliphatic carbocycles. The predicted octanol–water partition coefficient (Wildman–Crippen LogP) is 2.10. The molecular formula is C13H20O5S. The Morgan fingerprint density at radius 3 is 2.32 bits per heavy atom. The monoisotopic (exact) mass is 288 g/mol. The normalized spacial score (nSPS) is 11.7. The van der Waals surface area contributed by atoms with E-state index in [9.17, 15) is 8.42 Å². The van der Waals surface area contributed by atoms with Crippen molar-refractivity contribution in [1.29, 1.82) is 0 Å². The summed E-state index contributed by atoms with van der Waals surface area (Å²) in [7, 11) is -2.09. The summed E-state index contributed by atoms with van der Waals surface area (Å²) in [5, 5.41) is 0. The highest BCUT2D eigenvalue weighted by Crippen LogP contribution is 2.13. The molecular weight excluding hydrogens is 268 g/mol. The molecule has 0 aliphatic heterocycles. The van der Waals surface area contributed by atoms with Crippen molar-refractivity contribution in [2.75, 3.05) is 27.1 Å². The van der Waals surface area contributed by atoms with Crippen LogP contribution in [0.15, 0.2) is 29.2 Å². The lowest BCUT2D eigenvalue weighted by Gasteiger charge is -2.06. The van der Waals surface area contributed by atoms with E-state index in [0.717, 1.165) is 12.0 Å². The van der Waals surface area contributed by atoms with E-state index in [4.69, 9.17) is 13.7 Å². The molecule has 1 rings (SSSR count). The van der Waals surface area contributed by atoms with Gasteiger partial charge in [-0.3, -0.25) is 4.18 Å². The van der Waals surface area contributed by atoms with Crippen molar-refractivity contribution in [3.8, 4) is 0 Å². The summed E-state index contributed by atoms with van der Waals surface area (Å²) in [6.07, 6.45) is 1.35. The molecule has 0 heterocycles. The Bertz CT molecular complexity index is 452. The highest BCUT2D eigenvalue weighted by atomic mass is 32.2. The average molecular weight is 288 g/mol. The minimum Gasteiger partial charge on any atom is -0.359 e. The van der Waals surface area contributed by atoms with E-state index >= 15 is 0 Å². The largest absolute Gasteiger partial charge is 0.359 e. The molecule has 0 saturated heterocycles. The Morgan fingerprint density at radius 1 is 1.05 bits per heavy atom. The molecule has 5 nitrogen and oxygen atoms in total. The second-order valence-electron chi connectivity index (χ2n) is 4.11.